The molecule has 0 saturated heterocycles. The molecule has 0 aliphatic carbocycles. The summed E-state index contributed by atoms with van der Waals surface area (Å²) in [6.45, 7) is 5.47. The number of anilines is 1. The first-order valence-corrected chi connectivity index (χ1v) is 8.56. The first-order chi connectivity index (χ1) is 12.6. The average Bonchev–Trinajstić information content (AvgIpc) is 2.63. The lowest BCUT2D eigenvalue weighted by atomic mass is 10.2. The molecule has 2 rings (SSSR count). The Morgan fingerprint density at radius 2 is 1.92 bits per heavy atom. The third-order valence-corrected chi connectivity index (χ3v) is 3.50. The normalized spacial score (nSPS) is 11.1. The predicted octanol–water partition coefficient (Wildman–Crippen LogP) is 2.61. The molecule has 0 bridgehead atoms. The van der Waals surface area contributed by atoms with Gasteiger partial charge in [-0.25, -0.2) is 14.4 Å². The SMILES string of the molecule is CCNC(=NCc1ccc(F)cc1)NCCC(=O)Nc1ccc(C)cn1. The fourth-order valence-corrected chi connectivity index (χ4v) is 2.14. The van der Waals surface area contributed by atoms with Gasteiger partial charge in [0.15, 0.2) is 5.96 Å². The van der Waals surface area contributed by atoms with Crippen LogP contribution < -0.4 is 16.0 Å². The van der Waals surface area contributed by atoms with Gasteiger partial charge < -0.3 is 16.0 Å². The molecule has 0 spiro atoms. The molecule has 0 atom stereocenters. The van der Waals surface area contributed by atoms with Crippen LogP contribution in [0.25, 0.3) is 0 Å². The van der Waals surface area contributed by atoms with Gasteiger partial charge in [-0.2, -0.15) is 0 Å². The van der Waals surface area contributed by atoms with Crippen LogP contribution in [0.4, 0.5) is 10.2 Å². The molecular formula is C19H24FN5O. The minimum atomic E-state index is -0.267. The summed E-state index contributed by atoms with van der Waals surface area (Å²) in [4.78, 5) is 20.5. The van der Waals surface area contributed by atoms with Gasteiger partial charge in [0.2, 0.25) is 5.91 Å². The molecule has 0 aliphatic rings. The Hall–Kier alpha value is -2.96. The number of guanidine groups is 1. The second-order valence-electron chi connectivity index (χ2n) is 5.77. The van der Waals surface area contributed by atoms with E-state index in [0.29, 0.717) is 31.4 Å². The van der Waals surface area contributed by atoms with Crippen molar-refractivity contribution in [3.05, 3.63) is 59.5 Å². The van der Waals surface area contributed by atoms with Crippen molar-refractivity contribution in [1.29, 1.82) is 0 Å². The van der Waals surface area contributed by atoms with Crippen LogP contribution in [-0.4, -0.2) is 29.9 Å². The van der Waals surface area contributed by atoms with E-state index in [1.165, 1.54) is 12.1 Å². The third-order valence-electron chi connectivity index (χ3n) is 3.50. The number of carbonyl (C=O) groups is 1. The summed E-state index contributed by atoms with van der Waals surface area (Å²) < 4.78 is 12.9. The Balaban J connectivity index is 1.79. The number of nitrogens with one attached hydrogen (secondary N) is 3. The fraction of sp³-hybridized carbons (Fsp3) is 0.316. The van der Waals surface area contributed by atoms with Crippen LogP contribution in [0.3, 0.4) is 0 Å². The second-order valence-corrected chi connectivity index (χ2v) is 5.77. The molecule has 0 saturated carbocycles. The van der Waals surface area contributed by atoms with E-state index in [9.17, 15) is 9.18 Å². The lowest BCUT2D eigenvalue weighted by molar-refractivity contribution is -0.116. The Kier molecular flexibility index (Phi) is 7.54. The van der Waals surface area contributed by atoms with Crippen molar-refractivity contribution >= 4 is 17.7 Å². The van der Waals surface area contributed by atoms with Gasteiger partial charge in [-0.05, 0) is 43.2 Å². The number of pyridine rings is 1. The highest BCUT2D eigenvalue weighted by atomic mass is 19.1. The van der Waals surface area contributed by atoms with Gasteiger partial charge in [-0.1, -0.05) is 18.2 Å². The Morgan fingerprint density at radius 1 is 1.15 bits per heavy atom. The Bertz CT molecular complexity index is 729. The van der Waals surface area contributed by atoms with Crippen molar-refractivity contribution in [3.63, 3.8) is 0 Å². The van der Waals surface area contributed by atoms with Gasteiger partial charge in [-0.3, -0.25) is 4.79 Å². The van der Waals surface area contributed by atoms with Crippen molar-refractivity contribution in [1.82, 2.24) is 15.6 Å². The summed E-state index contributed by atoms with van der Waals surface area (Å²) in [6, 6.07) is 9.89. The highest BCUT2D eigenvalue weighted by Crippen LogP contribution is 2.05. The molecule has 0 fully saturated rings. The van der Waals surface area contributed by atoms with Gasteiger partial charge >= 0.3 is 0 Å². The topological polar surface area (TPSA) is 78.4 Å². The Labute approximate surface area is 152 Å². The molecule has 1 aromatic heterocycles. The minimum Gasteiger partial charge on any atom is -0.357 e. The maximum Gasteiger partial charge on any atom is 0.227 e. The molecule has 6 nitrogen and oxygen atoms in total. The van der Waals surface area contributed by atoms with E-state index in [2.05, 4.69) is 25.9 Å². The summed E-state index contributed by atoms with van der Waals surface area (Å²) in [7, 11) is 0. The summed E-state index contributed by atoms with van der Waals surface area (Å²) in [5.41, 5.74) is 1.95. The molecule has 0 radical (unpaired) electrons. The smallest absolute Gasteiger partial charge is 0.227 e. The van der Waals surface area contributed by atoms with E-state index in [0.717, 1.165) is 11.1 Å². The van der Waals surface area contributed by atoms with E-state index in [1.807, 2.05) is 19.9 Å². The maximum absolute atomic E-state index is 12.9. The van der Waals surface area contributed by atoms with E-state index < -0.39 is 0 Å². The number of benzene rings is 1. The zero-order valence-corrected chi connectivity index (χ0v) is 15.1. The number of hydrogen-bond donors (Lipinski definition) is 3. The predicted molar refractivity (Wildman–Crippen MR) is 101 cm³/mol. The van der Waals surface area contributed by atoms with Gasteiger partial charge in [0.25, 0.3) is 0 Å². The van der Waals surface area contributed by atoms with Crippen molar-refractivity contribution in [3.8, 4) is 0 Å². The van der Waals surface area contributed by atoms with Crippen LogP contribution in [0.15, 0.2) is 47.6 Å². The van der Waals surface area contributed by atoms with Crippen LogP contribution >= 0.6 is 0 Å². The Morgan fingerprint density at radius 3 is 2.58 bits per heavy atom. The number of hydrogen-bond acceptors (Lipinski definition) is 3. The monoisotopic (exact) mass is 357 g/mol. The number of aliphatic imine (C=N–C) groups is 1. The molecule has 7 heteroatoms. The second kappa shape index (κ2) is 10.1. The van der Waals surface area contributed by atoms with E-state index in [4.69, 9.17) is 0 Å². The minimum absolute atomic E-state index is 0.122. The maximum atomic E-state index is 12.9. The van der Waals surface area contributed by atoms with Crippen LogP contribution in [-0.2, 0) is 11.3 Å². The van der Waals surface area contributed by atoms with Crippen LogP contribution in [0.1, 0.15) is 24.5 Å². The average molecular weight is 357 g/mol. The van der Waals surface area contributed by atoms with Crippen molar-refractivity contribution in [2.45, 2.75) is 26.8 Å². The molecule has 0 unspecified atom stereocenters. The van der Waals surface area contributed by atoms with Gasteiger partial charge in [0, 0.05) is 25.7 Å². The number of carbonyl (C=O) groups excluding carboxylic acids is 1. The quantitative estimate of drug-likeness (QED) is 0.526. The van der Waals surface area contributed by atoms with Crippen LogP contribution in [0.5, 0.6) is 0 Å². The molecule has 1 amide bonds. The zero-order valence-electron chi connectivity index (χ0n) is 15.1. The lowest BCUT2D eigenvalue weighted by Gasteiger charge is -2.11. The van der Waals surface area contributed by atoms with Gasteiger partial charge in [0.1, 0.15) is 11.6 Å². The van der Waals surface area contributed by atoms with Crippen LogP contribution in [0.2, 0.25) is 0 Å². The van der Waals surface area contributed by atoms with Crippen molar-refractivity contribution in [2.75, 3.05) is 18.4 Å². The molecule has 1 aromatic carbocycles. The van der Waals surface area contributed by atoms with Crippen molar-refractivity contribution in [2.24, 2.45) is 4.99 Å². The molecule has 2 aromatic rings. The lowest BCUT2D eigenvalue weighted by Crippen LogP contribution is -2.38. The molecular weight excluding hydrogens is 333 g/mol. The first-order valence-electron chi connectivity index (χ1n) is 8.56. The molecule has 26 heavy (non-hydrogen) atoms. The van der Waals surface area contributed by atoms with Gasteiger partial charge in [0.05, 0.1) is 6.54 Å². The summed E-state index contributed by atoms with van der Waals surface area (Å²) in [6.07, 6.45) is 2.00. The molecule has 138 valence electrons. The number of aryl methyl sites for hydroxylation is 1. The number of aromatic nitrogens is 1. The number of rotatable bonds is 7. The molecule has 1 heterocycles. The van der Waals surface area contributed by atoms with Gasteiger partial charge in [-0.15, -0.1) is 0 Å². The fourth-order valence-electron chi connectivity index (χ4n) is 2.14. The van der Waals surface area contributed by atoms with Crippen LogP contribution in [0, 0.1) is 12.7 Å². The summed E-state index contributed by atoms with van der Waals surface area (Å²) in [5, 5.41) is 8.98. The number of amides is 1. The highest BCUT2D eigenvalue weighted by molar-refractivity contribution is 5.90. The largest absolute Gasteiger partial charge is 0.357 e. The zero-order chi connectivity index (χ0) is 18.8. The van der Waals surface area contributed by atoms with E-state index in [-0.39, 0.29) is 18.1 Å². The van der Waals surface area contributed by atoms with E-state index in [1.54, 1.807) is 24.4 Å². The number of halogens is 1. The number of nitrogens with zero attached hydrogens (tertiary/aromatic N) is 2. The van der Waals surface area contributed by atoms with E-state index >= 15 is 0 Å². The van der Waals surface area contributed by atoms with Crippen molar-refractivity contribution < 1.29 is 9.18 Å². The third kappa shape index (κ3) is 6.88. The summed E-state index contributed by atoms with van der Waals surface area (Å²) >= 11 is 0. The summed E-state index contributed by atoms with van der Waals surface area (Å²) in [5.74, 6) is 0.760. The highest BCUT2D eigenvalue weighted by Gasteiger charge is 2.04. The molecule has 3 N–H and O–H groups in total. The standard InChI is InChI=1S/C19H24FN5O/c1-3-21-19(24-13-15-5-7-16(20)8-6-15)22-11-10-18(26)25-17-9-4-14(2)12-23-17/h4-9,12H,3,10-11,13H2,1-2H3,(H2,21,22,24)(H,23,25,26). The first kappa shape index (κ1) is 19.4. The molecule has 0 aliphatic heterocycles.